The van der Waals surface area contributed by atoms with Crippen LogP contribution in [0.25, 0.3) is 0 Å². The van der Waals surface area contributed by atoms with Gasteiger partial charge in [0.2, 0.25) is 5.91 Å². The van der Waals surface area contributed by atoms with Gasteiger partial charge in [0.1, 0.15) is 5.82 Å². The number of halogens is 1. The first-order valence-corrected chi connectivity index (χ1v) is 12.6. The van der Waals surface area contributed by atoms with Gasteiger partial charge >= 0.3 is 0 Å². The van der Waals surface area contributed by atoms with Crippen LogP contribution in [-0.4, -0.2) is 32.3 Å². The van der Waals surface area contributed by atoms with Gasteiger partial charge in [0, 0.05) is 17.8 Å². The van der Waals surface area contributed by atoms with E-state index < -0.39 is 11.9 Å². The van der Waals surface area contributed by atoms with E-state index in [1.807, 2.05) is 58.2 Å². The highest BCUT2D eigenvalue weighted by Gasteiger charge is 2.26. The van der Waals surface area contributed by atoms with Crippen LogP contribution < -0.4 is 10.6 Å². The zero-order chi connectivity index (χ0) is 25.7. The Bertz CT molecular complexity index is 1180. The van der Waals surface area contributed by atoms with Crippen LogP contribution in [0.15, 0.2) is 41.6 Å². The molecule has 7 nitrogen and oxygen atoms in total. The van der Waals surface area contributed by atoms with Gasteiger partial charge in [-0.1, -0.05) is 43.3 Å². The fourth-order valence-corrected chi connectivity index (χ4v) is 4.78. The number of hydrogen-bond acceptors (Lipinski definition) is 5. The lowest BCUT2D eigenvalue weighted by Crippen LogP contribution is -2.33. The number of rotatable bonds is 9. The Morgan fingerprint density at radius 2 is 1.69 bits per heavy atom. The van der Waals surface area contributed by atoms with Crippen molar-refractivity contribution in [1.29, 1.82) is 0 Å². The van der Waals surface area contributed by atoms with Crippen molar-refractivity contribution in [3.63, 3.8) is 0 Å². The number of amides is 2. The molecule has 1 aromatic heterocycles. The molecule has 2 N–H and O–H groups in total. The van der Waals surface area contributed by atoms with E-state index >= 15 is 0 Å². The molecule has 0 fully saturated rings. The maximum Gasteiger partial charge on any atom is 0.251 e. The monoisotopic (exact) mass is 497 g/mol. The van der Waals surface area contributed by atoms with Gasteiger partial charge in [0.15, 0.2) is 11.0 Å². The summed E-state index contributed by atoms with van der Waals surface area (Å²) in [6.45, 7) is 12.5. The largest absolute Gasteiger partial charge is 0.342 e. The molecule has 3 rings (SSSR count). The Morgan fingerprint density at radius 1 is 1.06 bits per heavy atom. The van der Waals surface area contributed by atoms with Crippen LogP contribution in [0.1, 0.15) is 59.7 Å². The molecule has 1 atom stereocenters. The van der Waals surface area contributed by atoms with Crippen LogP contribution in [0.2, 0.25) is 0 Å². The van der Waals surface area contributed by atoms with Gasteiger partial charge in [-0.15, -0.1) is 10.2 Å². The topological polar surface area (TPSA) is 88.9 Å². The smallest absolute Gasteiger partial charge is 0.251 e. The highest BCUT2D eigenvalue weighted by molar-refractivity contribution is 7.99. The van der Waals surface area contributed by atoms with Crippen LogP contribution in [0.3, 0.4) is 0 Å². The molecule has 0 aliphatic rings. The second kappa shape index (κ2) is 11.5. The number of carbonyl (C=O) groups excluding carboxylic acids is 2. The van der Waals surface area contributed by atoms with Crippen LogP contribution in [-0.2, 0) is 11.3 Å². The first kappa shape index (κ1) is 26.4. The third kappa shape index (κ3) is 6.48. The second-order valence-electron chi connectivity index (χ2n) is 8.90. The van der Waals surface area contributed by atoms with E-state index in [1.165, 1.54) is 36.0 Å². The first-order valence-electron chi connectivity index (χ1n) is 11.6. The standard InChI is InChI=1S/C26H32FN5O2S/c1-7-32-24(22(15(2)3)29-25(34)19-8-10-20(27)11-9-19)30-31-26(32)35-14-21(33)28-23-17(5)12-16(4)13-18(23)6/h8-13,15,22H,7,14H2,1-6H3,(H,28,33)(H,29,34)/t22-/m1/s1. The van der Waals surface area contributed by atoms with E-state index in [1.54, 1.807) is 0 Å². The fraction of sp³-hybridized carbons (Fsp3) is 0.385. The molecule has 0 aliphatic heterocycles. The highest BCUT2D eigenvalue weighted by atomic mass is 32.2. The minimum atomic E-state index is -0.402. The van der Waals surface area contributed by atoms with Crippen LogP contribution in [0.4, 0.5) is 10.1 Å². The highest BCUT2D eigenvalue weighted by Crippen LogP contribution is 2.26. The predicted octanol–water partition coefficient (Wildman–Crippen LogP) is 5.22. The number of benzene rings is 2. The lowest BCUT2D eigenvalue weighted by atomic mass is 10.0. The lowest BCUT2D eigenvalue weighted by molar-refractivity contribution is -0.113. The van der Waals surface area contributed by atoms with Gasteiger partial charge in [-0.05, 0) is 69.0 Å². The number of aryl methyl sites for hydroxylation is 3. The molecule has 0 spiro atoms. The van der Waals surface area contributed by atoms with Crippen molar-refractivity contribution in [1.82, 2.24) is 20.1 Å². The summed E-state index contributed by atoms with van der Waals surface area (Å²) >= 11 is 1.30. The molecule has 0 radical (unpaired) electrons. The third-order valence-corrected chi connectivity index (χ3v) is 6.64. The Kier molecular flexibility index (Phi) is 8.67. The zero-order valence-corrected chi connectivity index (χ0v) is 21.8. The number of thioether (sulfide) groups is 1. The van der Waals surface area contributed by atoms with E-state index in [0.717, 1.165) is 22.4 Å². The van der Waals surface area contributed by atoms with Crippen LogP contribution in [0.5, 0.6) is 0 Å². The normalized spacial score (nSPS) is 12.0. The summed E-state index contributed by atoms with van der Waals surface area (Å²) in [7, 11) is 0. The summed E-state index contributed by atoms with van der Waals surface area (Å²) < 4.78 is 15.1. The van der Waals surface area contributed by atoms with Crippen molar-refractivity contribution in [3.8, 4) is 0 Å². The van der Waals surface area contributed by atoms with Gasteiger partial charge in [-0.2, -0.15) is 0 Å². The van der Waals surface area contributed by atoms with E-state index in [2.05, 4.69) is 20.8 Å². The Labute approximate surface area is 209 Å². The molecule has 0 saturated carbocycles. The van der Waals surface area contributed by atoms with Crippen molar-refractivity contribution in [2.75, 3.05) is 11.1 Å². The molecule has 1 heterocycles. The summed E-state index contributed by atoms with van der Waals surface area (Å²) in [6.07, 6.45) is 0. The van der Waals surface area contributed by atoms with Crippen molar-refractivity contribution in [2.24, 2.45) is 5.92 Å². The minimum absolute atomic E-state index is 0.0301. The van der Waals surface area contributed by atoms with Gasteiger partial charge in [-0.3, -0.25) is 9.59 Å². The molecule has 2 aromatic carbocycles. The average molecular weight is 498 g/mol. The van der Waals surface area contributed by atoms with E-state index in [0.29, 0.717) is 23.1 Å². The summed E-state index contributed by atoms with van der Waals surface area (Å²) in [5.74, 6) is -0.00659. The quantitative estimate of drug-likeness (QED) is 0.396. The lowest BCUT2D eigenvalue weighted by Gasteiger charge is -2.22. The van der Waals surface area contributed by atoms with E-state index in [4.69, 9.17) is 0 Å². The fourth-order valence-electron chi connectivity index (χ4n) is 3.97. The summed E-state index contributed by atoms with van der Waals surface area (Å²) in [5.41, 5.74) is 4.41. The van der Waals surface area contributed by atoms with Crippen molar-refractivity contribution in [2.45, 2.75) is 59.3 Å². The molecule has 0 saturated heterocycles. The molecule has 2 amide bonds. The minimum Gasteiger partial charge on any atom is -0.342 e. The number of aromatic nitrogens is 3. The molecule has 0 unspecified atom stereocenters. The van der Waals surface area contributed by atoms with Crippen LogP contribution >= 0.6 is 11.8 Å². The predicted molar refractivity (Wildman–Crippen MR) is 137 cm³/mol. The van der Waals surface area contributed by atoms with E-state index in [9.17, 15) is 14.0 Å². The number of nitrogens with one attached hydrogen (secondary N) is 2. The van der Waals surface area contributed by atoms with Crippen molar-refractivity contribution >= 4 is 29.3 Å². The molecule has 0 aliphatic carbocycles. The maximum atomic E-state index is 13.2. The van der Waals surface area contributed by atoms with Gasteiger partial charge in [0.05, 0.1) is 11.8 Å². The van der Waals surface area contributed by atoms with Gasteiger partial charge in [0.25, 0.3) is 5.91 Å². The molecular weight excluding hydrogens is 465 g/mol. The number of nitrogens with zero attached hydrogens (tertiary/aromatic N) is 3. The molecule has 3 aromatic rings. The number of carbonyl (C=O) groups is 2. The van der Waals surface area contributed by atoms with Gasteiger partial charge < -0.3 is 15.2 Å². The Balaban J connectivity index is 1.72. The zero-order valence-electron chi connectivity index (χ0n) is 21.0. The van der Waals surface area contributed by atoms with Crippen molar-refractivity contribution in [3.05, 3.63) is 70.3 Å². The average Bonchev–Trinajstić information content (AvgIpc) is 3.21. The Hall–Kier alpha value is -3.20. The van der Waals surface area contributed by atoms with Gasteiger partial charge in [-0.25, -0.2) is 4.39 Å². The molecule has 9 heteroatoms. The number of anilines is 1. The molecule has 0 bridgehead atoms. The third-order valence-electron chi connectivity index (χ3n) is 5.67. The summed E-state index contributed by atoms with van der Waals surface area (Å²) in [5, 5.41) is 15.3. The summed E-state index contributed by atoms with van der Waals surface area (Å²) in [6, 6.07) is 9.10. The SMILES string of the molecule is CCn1c(SCC(=O)Nc2c(C)cc(C)cc2C)nnc1[C@H](NC(=O)c1ccc(F)cc1)C(C)C. The second-order valence-corrected chi connectivity index (χ2v) is 9.84. The Morgan fingerprint density at radius 3 is 2.26 bits per heavy atom. The molecular formula is C26H32FN5O2S. The van der Waals surface area contributed by atoms with E-state index in [-0.39, 0.29) is 23.5 Å². The molecule has 186 valence electrons. The summed E-state index contributed by atoms with van der Waals surface area (Å²) in [4.78, 5) is 25.4. The molecule has 35 heavy (non-hydrogen) atoms. The van der Waals surface area contributed by atoms with Crippen LogP contribution in [0, 0.1) is 32.5 Å². The number of hydrogen-bond donors (Lipinski definition) is 2. The first-order chi connectivity index (χ1) is 16.6. The maximum absolute atomic E-state index is 13.2. The van der Waals surface area contributed by atoms with Crippen molar-refractivity contribution < 1.29 is 14.0 Å².